The van der Waals surface area contributed by atoms with Gasteiger partial charge in [-0.05, 0) is 47.1 Å². The Kier molecular flexibility index (Phi) is 3.83. The first-order valence-corrected chi connectivity index (χ1v) is 5.01. The second-order valence-electron chi connectivity index (χ2n) is 2.57. The predicted octanol–water partition coefficient (Wildman–Crippen LogP) is 3.03. The number of unbranched alkanes of at least 4 members (excludes halogenated alkanes) is 1. The van der Waals surface area contributed by atoms with E-state index in [4.69, 9.17) is 0 Å². The summed E-state index contributed by atoms with van der Waals surface area (Å²) in [5.74, 6) is 0. The molecule has 0 aliphatic heterocycles. The first-order chi connectivity index (χ1) is 5.34. The molecule has 0 unspecified atom stereocenters. The summed E-state index contributed by atoms with van der Waals surface area (Å²) >= 11 is 2.36. The molecule has 11 heavy (non-hydrogen) atoms. The van der Waals surface area contributed by atoms with Gasteiger partial charge >= 0.3 is 0 Å². The molecular formula is C9H12IN. The molecule has 0 atom stereocenters. The van der Waals surface area contributed by atoms with E-state index in [9.17, 15) is 0 Å². The van der Waals surface area contributed by atoms with E-state index in [1.165, 1.54) is 28.4 Å². The van der Waals surface area contributed by atoms with Crippen LogP contribution < -0.4 is 0 Å². The third kappa shape index (κ3) is 2.77. The van der Waals surface area contributed by atoms with E-state index < -0.39 is 0 Å². The second-order valence-corrected chi connectivity index (χ2v) is 3.73. The Morgan fingerprint density at radius 2 is 2.36 bits per heavy atom. The van der Waals surface area contributed by atoms with Gasteiger partial charge in [0.05, 0.1) is 0 Å². The van der Waals surface area contributed by atoms with Crippen molar-refractivity contribution in [3.63, 3.8) is 0 Å². The fourth-order valence-electron chi connectivity index (χ4n) is 0.961. The van der Waals surface area contributed by atoms with E-state index in [2.05, 4.69) is 40.6 Å². The van der Waals surface area contributed by atoms with Crippen LogP contribution in [-0.2, 0) is 6.42 Å². The fourth-order valence-corrected chi connectivity index (χ4v) is 1.53. The molecule has 0 aromatic carbocycles. The molecule has 2 heteroatoms. The molecule has 0 aliphatic carbocycles. The summed E-state index contributed by atoms with van der Waals surface area (Å²) in [7, 11) is 0. The largest absolute Gasteiger partial charge is 0.264 e. The van der Waals surface area contributed by atoms with Crippen LogP contribution >= 0.6 is 22.6 Å². The highest BCUT2D eigenvalue weighted by Crippen LogP contribution is 2.12. The third-order valence-corrected chi connectivity index (χ3v) is 2.70. The van der Waals surface area contributed by atoms with Crippen molar-refractivity contribution < 1.29 is 0 Å². The average molecular weight is 261 g/mol. The van der Waals surface area contributed by atoms with Gasteiger partial charge in [0.1, 0.15) is 0 Å². The van der Waals surface area contributed by atoms with Gasteiger partial charge in [-0.3, -0.25) is 4.98 Å². The normalized spacial score (nSPS) is 10.0. The summed E-state index contributed by atoms with van der Waals surface area (Å²) in [4.78, 5) is 4.09. The molecule has 0 radical (unpaired) electrons. The summed E-state index contributed by atoms with van der Waals surface area (Å²) in [6.45, 7) is 2.21. The highest BCUT2D eigenvalue weighted by atomic mass is 127. The summed E-state index contributed by atoms with van der Waals surface area (Å²) in [6.07, 6.45) is 7.50. The maximum absolute atomic E-state index is 4.09. The molecule has 1 rings (SSSR count). The van der Waals surface area contributed by atoms with Gasteiger partial charge in [0.15, 0.2) is 0 Å². The van der Waals surface area contributed by atoms with Gasteiger partial charge in [-0.1, -0.05) is 13.3 Å². The Balaban J connectivity index is 2.62. The van der Waals surface area contributed by atoms with Crippen LogP contribution in [0.4, 0.5) is 0 Å². The molecule has 1 aromatic heterocycles. The number of hydrogen-bond acceptors (Lipinski definition) is 1. The highest BCUT2D eigenvalue weighted by Gasteiger charge is 1.96. The lowest BCUT2D eigenvalue weighted by Gasteiger charge is -2.00. The van der Waals surface area contributed by atoms with Crippen molar-refractivity contribution in [1.82, 2.24) is 4.98 Å². The van der Waals surface area contributed by atoms with Gasteiger partial charge in [0.25, 0.3) is 0 Å². The number of rotatable bonds is 3. The second kappa shape index (κ2) is 4.70. The zero-order valence-corrected chi connectivity index (χ0v) is 8.84. The van der Waals surface area contributed by atoms with Gasteiger partial charge < -0.3 is 0 Å². The average Bonchev–Trinajstić information content (AvgIpc) is 2.03. The van der Waals surface area contributed by atoms with Crippen molar-refractivity contribution in [1.29, 1.82) is 0 Å². The van der Waals surface area contributed by atoms with Crippen molar-refractivity contribution >= 4 is 22.6 Å². The van der Waals surface area contributed by atoms with Crippen LogP contribution in [0.3, 0.4) is 0 Å². The summed E-state index contributed by atoms with van der Waals surface area (Å²) in [6, 6.07) is 2.06. The maximum Gasteiger partial charge on any atom is 0.0310 e. The molecule has 1 nitrogen and oxygen atoms in total. The van der Waals surface area contributed by atoms with E-state index in [-0.39, 0.29) is 0 Å². The van der Waals surface area contributed by atoms with Crippen molar-refractivity contribution in [2.45, 2.75) is 26.2 Å². The number of hydrogen-bond donors (Lipinski definition) is 0. The van der Waals surface area contributed by atoms with E-state index in [0.717, 1.165) is 0 Å². The molecule has 0 saturated heterocycles. The van der Waals surface area contributed by atoms with Gasteiger partial charge in [-0.25, -0.2) is 0 Å². The SMILES string of the molecule is CCCCc1cnccc1I. The van der Waals surface area contributed by atoms with Crippen LogP contribution in [0.5, 0.6) is 0 Å². The van der Waals surface area contributed by atoms with Crippen LogP contribution in [-0.4, -0.2) is 4.98 Å². The molecule has 0 aliphatic rings. The van der Waals surface area contributed by atoms with Crippen molar-refractivity contribution in [2.75, 3.05) is 0 Å². The van der Waals surface area contributed by atoms with Gasteiger partial charge in [0, 0.05) is 16.0 Å². The Bertz CT molecular complexity index is 223. The molecule has 60 valence electrons. The predicted molar refractivity (Wildman–Crippen MR) is 55.6 cm³/mol. The zero-order chi connectivity index (χ0) is 8.10. The Hall–Kier alpha value is -0.120. The lowest BCUT2D eigenvalue weighted by molar-refractivity contribution is 0.789. The number of aryl methyl sites for hydroxylation is 1. The highest BCUT2D eigenvalue weighted by molar-refractivity contribution is 14.1. The Morgan fingerprint density at radius 1 is 1.55 bits per heavy atom. The molecular weight excluding hydrogens is 249 g/mol. The van der Waals surface area contributed by atoms with Crippen LogP contribution in [0, 0.1) is 3.57 Å². The summed E-state index contributed by atoms with van der Waals surface area (Å²) < 4.78 is 1.34. The standard InChI is InChI=1S/C9H12IN/c1-2-3-4-8-7-11-6-5-9(8)10/h5-7H,2-4H2,1H3. The molecule has 0 saturated carbocycles. The van der Waals surface area contributed by atoms with Gasteiger partial charge in [-0.2, -0.15) is 0 Å². The van der Waals surface area contributed by atoms with E-state index >= 15 is 0 Å². The minimum atomic E-state index is 1.17. The number of pyridine rings is 1. The van der Waals surface area contributed by atoms with Crippen molar-refractivity contribution in [3.05, 3.63) is 27.6 Å². The lowest BCUT2D eigenvalue weighted by atomic mass is 10.1. The molecule has 1 heterocycles. The smallest absolute Gasteiger partial charge is 0.0310 e. The number of halogens is 1. The van der Waals surface area contributed by atoms with Crippen LogP contribution in [0.25, 0.3) is 0 Å². The molecule has 1 aromatic rings. The van der Waals surface area contributed by atoms with E-state index in [1.807, 2.05) is 12.4 Å². The summed E-state index contributed by atoms with van der Waals surface area (Å²) in [5.41, 5.74) is 1.38. The molecule has 0 spiro atoms. The van der Waals surface area contributed by atoms with Crippen LogP contribution in [0.2, 0.25) is 0 Å². The van der Waals surface area contributed by atoms with Gasteiger partial charge in [-0.15, -0.1) is 0 Å². The minimum Gasteiger partial charge on any atom is -0.264 e. The monoisotopic (exact) mass is 261 g/mol. The first-order valence-electron chi connectivity index (χ1n) is 3.93. The Labute approximate surface area is 81.4 Å². The molecule has 0 amide bonds. The zero-order valence-electron chi connectivity index (χ0n) is 6.68. The number of nitrogens with zero attached hydrogens (tertiary/aromatic N) is 1. The molecule has 0 fully saturated rings. The fraction of sp³-hybridized carbons (Fsp3) is 0.444. The maximum atomic E-state index is 4.09. The number of aromatic nitrogens is 1. The van der Waals surface area contributed by atoms with Crippen LogP contribution in [0.1, 0.15) is 25.3 Å². The minimum absolute atomic E-state index is 1.17. The topological polar surface area (TPSA) is 12.9 Å². The third-order valence-electron chi connectivity index (χ3n) is 1.64. The molecule has 0 bridgehead atoms. The quantitative estimate of drug-likeness (QED) is 0.762. The van der Waals surface area contributed by atoms with Gasteiger partial charge in [0.2, 0.25) is 0 Å². The van der Waals surface area contributed by atoms with Crippen LogP contribution in [0.15, 0.2) is 18.5 Å². The summed E-state index contributed by atoms with van der Waals surface area (Å²) in [5, 5.41) is 0. The lowest BCUT2D eigenvalue weighted by Crippen LogP contribution is -1.89. The van der Waals surface area contributed by atoms with E-state index in [0.29, 0.717) is 0 Å². The first kappa shape index (κ1) is 8.97. The van der Waals surface area contributed by atoms with E-state index in [1.54, 1.807) is 0 Å². The van der Waals surface area contributed by atoms with Crippen molar-refractivity contribution in [3.8, 4) is 0 Å². The van der Waals surface area contributed by atoms with Crippen molar-refractivity contribution in [2.24, 2.45) is 0 Å². The molecule has 0 N–H and O–H groups in total. The Morgan fingerprint density at radius 3 is 3.00 bits per heavy atom.